The summed E-state index contributed by atoms with van der Waals surface area (Å²) in [6.07, 6.45) is 0.826. The van der Waals surface area contributed by atoms with Crippen LogP contribution in [0.2, 0.25) is 91.2 Å². The predicted octanol–water partition coefficient (Wildman–Crippen LogP) is 4.90. The van der Waals surface area contributed by atoms with E-state index in [-0.39, 0.29) is 5.57 Å². The van der Waals surface area contributed by atoms with Gasteiger partial charge in [-0.1, -0.05) is 12.6 Å². The van der Waals surface area contributed by atoms with Crippen LogP contribution in [0, 0.1) is 0 Å². The topological polar surface area (TPSA) is 72.5 Å². The summed E-state index contributed by atoms with van der Waals surface area (Å²) < 4.78 is 38.5. The normalized spacial score (nSPS) is 14.5. The molecule has 0 unspecified atom stereocenters. The molecule has 0 radical (unpaired) electrons. The first-order chi connectivity index (χ1) is 14.4. The van der Waals surface area contributed by atoms with Crippen molar-refractivity contribution in [1.82, 2.24) is 0 Å². The molecule has 7 nitrogen and oxygen atoms in total. The minimum Gasteiger partial charge on any atom is -0.462 e. The van der Waals surface area contributed by atoms with Crippen LogP contribution in [0.1, 0.15) is 6.42 Å². The van der Waals surface area contributed by atoms with Crippen LogP contribution in [0.15, 0.2) is 12.2 Å². The van der Waals surface area contributed by atoms with Gasteiger partial charge in [-0.25, -0.2) is 4.79 Å². The number of hydrogen-bond donors (Lipinski definition) is 0. The molecule has 0 aromatic carbocycles. The first kappa shape index (κ1) is 33.3. The highest BCUT2D eigenvalue weighted by Gasteiger charge is 2.56. The van der Waals surface area contributed by atoms with E-state index in [9.17, 15) is 4.79 Å². The Kier molecular flexibility index (Phi) is 12.1. The Morgan fingerprint density at radius 3 is 1.42 bits per heavy atom. The highest BCUT2D eigenvalue weighted by molar-refractivity contribution is 6.85. The van der Waals surface area contributed by atoms with E-state index in [4.69, 9.17) is 26.2 Å². The van der Waals surface area contributed by atoms with Gasteiger partial charge in [-0.15, -0.1) is 0 Å². The Hall–Kier alpha value is 0.311. The number of hydrogen-bond acceptors (Lipinski definition) is 7. The van der Waals surface area contributed by atoms with E-state index in [0.717, 1.165) is 22.7 Å². The lowest BCUT2D eigenvalue weighted by molar-refractivity contribution is -0.253. The number of carbonyl (C=O) groups is 1. The van der Waals surface area contributed by atoms with Gasteiger partial charge in [0.15, 0.2) is 33.3 Å². The molecule has 0 saturated carbocycles. The van der Waals surface area contributed by atoms with Crippen molar-refractivity contribution in [3.8, 4) is 0 Å². The number of carbonyl (C=O) groups excluding carboxylic acids is 1. The fraction of sp³-hybridized carbons (Fsp3) is 0.850. The fourth-order valence-electron chi connectivity index (χ4n) is 2.99. The van der Waals surface area contributed by atoms with E-state index >= 15 is 0 Å². The summed E-state index contributed by atoms with van der Waals surface area (Å²) in [5.74, 6) is -2.38. The second kappa shape index (κ2) is 12.0. The van der Waals surface area contributed by atoms with Gasteiger partial charge in [0.2, 0.25) is 0 Å². The maximum Gasteiger partial charge on any atom is 0.480 e. The molecule has 33 heavy (non-hydrogen) atoms. The van der Waals surface area contributed by atoms with Crippen LogP contribution in [-0.4, -0.2) is 70.9 Å². The van der Waals surface area contributed by atoms with E-state index < -0.39 is 54.0 Å². The van der Waals surface area contributed by atoms with Gasteiger partial charge >= 0.3 is 14.8 Å². The highest BCUT2D eigenvalue weighted by atomic mass is 28.5. The largest absolute Gasteiger partial charge is 0.480 e. The molecule has 0 atom stereocenters. The van der Waals surface area contributed by atoms with Crippen molar-refractivity contribution in [1.29, 1.82) is 0 Å². The molecule has 0 rings (SSSR count). The number of ether oxygens (including phenoxy) is 1. The molecule has 0 heterocycles. The van der Waals surface area contributed by atoms with Crippen LogP contribution < -0.4 is 0 Å². The van der Waals surface area contributed by atoms with Crippen LogP contribution in [-0.2, 0) is 31.0 Å². The van der Waals surface area contributed by atoms with Crippen LogP contribution in [0.3, 0.4) is 0 Å². The second-order valence-corrected chi connectivity index (χ2v) is 34.2. The molecule has 196 valence electrons. The van der Waals surface area contributed by atoms with E-state index in [1.807, 2.05) is 45.8 Å². The van der Waals surface area contributed by atoms with Crippen LogP contribution >= 0.6 is 0 Å². The van der Waals surface area contributed by atoms with Gasteiger partial charge < -0.3 is 26.2 Å². The zero-order valence-corrected chi connectivity index (χ0v) is 30.7. The van der Waals surface area contributed by atoms with Crippen LogP contribution in [0.4, 0.5) is 0 Å². The zero-order valence-electron chi connectivity index (χ0n) is 23.7. The Balaban J connectivity index is 6.68. The summed E-state index contributed by atoms with van der Waals surface area (Å²) >= 11 is 0. The maximum absolute atomic E-state index is 13.1. The van der Waals surface area contributed by atoms with Gasteiger partial charge in [0.05, 0.1) is 6.61 Å². The fourth-order valence-corrected chi connectivity index (χ4v) is 16.0. The van der Waals surface area contributed by atoms with Crippen molar-refractivity contribution >= 4 is 58.3 Å². The predicted molar refractivity (Wildman–Crippen MR) is 153 cm³/mol. The molecule has 0 bridgehead atoms. The van der Waals surface area contributed by atoms with Crippen LogP contribution in [0.5, 0.6) is 0 Å². The van der Waals surface area contributed by atoms with Crippen molar-refractivity contribution in [3.05, 3.63) is 12.2 Å². The lowest BCUT2D eigenvalue weighted by Gasteiger charge is -2.47. The third-order valence-electron chi connectivity index (χ3n) is 3.53. The Bertz CT molecular complexity index is 628. The van der Waals surface area contributed by atoms with Gasteiger partial charge in [-0.3, -0.25) is 0 Å². The van der Waals surface area contributed by atoms with E-state index in [2.05, 4.69) is 45.9 Å². The summed E-state index contributed by atoms with van der Waals surface area (Å²) in [6.45, 7) is 31.0. The van der Waals surface area contributed by atoms with Gasteiger partial charge in [-0.2, -0.15) is 0 Å². The molecule has 0 N–H and O–H groups in total. The Morgan fingerprint density at radius 2 is 1.12 bits per heavy atom. The average Bonchev–Trinajstić information content (AvgIpc) is 2.46. The third-order valence-corrected chi connectivity index (χ3v) is 14.5. The molecule has 0 aromatic rings. The van der Waals surface area contributed by atoms with Crippen molar-refractivity contribution < 1.29 is 31.0 Å². The lowest BCUT2D eigenvalue weighted by atomic mass is 10.2. The highest BCUT2D eigenvalue weighted by Crippen LogP contribution is 2.37. The lowest BCUT2D eigenvalue weighted by Crippen LogP contribution is -2.64. The first-order valence-electron chi connectivity index (χ1n) is 11.8. The van der Waals surface area contributed by atoms with Gasteiger partial charge in [0, 0.05) is 16.8 Å². The van der Waals surface area contributed by atoms with Crippen LogP contribution in [0.25, 0.3) is 0 Å². The summed E-state index contributed by atoms with van der Waals surface area (Å²) in [5.41, 5.74) is 0.0118. The molecule has 0 aliphatic carbocycles. The second-order valence-electron chi connectivity index (χ2n) is 12.3. The number of rotatable bonds is 15. The Labute approximate surface area is 211 Å². The minimum atomic E-state index is -3.35. The standard InChI is InChI=1S/C20H50O7Si6/c1-18(19(21)22-16-15-17-28)20(23-29(2,3)4,24-30(5,6)7)25-33(14,26-31(8,9)10)27-32(11,12)13/h1,15-17H2,2-14,28H3. The Morgan fingerprint density at radius 1 is 0.727 bits per heavy atom. The van der Waals surface area contributed by atoms with E-state index in [1.165, 1.54) is 0 Å². The maximum atomic E-state index is 13.1. The van der Waals surface area contributed by atoms with Crippen molar-refractivity contribution in [2.75, 3.05) is 6.61 Å². The minimum absolute atomic E-state index is 0.0118. The smallest absolute Gasteiger partial charge is 0.462 e. The van der Waals surface area contributed by atoms with Gasteiger partial charge in [0.1, 0.15) is 5.57 Å². The molecular formula is C20H50O7Si6. The average molecular weight is 571 g/mol. The molecule has 0 amide bonds. The van der Waals surface area contributed by atoms with E-state index in [0.29, 0.717) is 6.61 Å². The van der Waals surface area contributed by atoms with Gasteiger partial charge in [-0.05, 0) is 85.0 Å². The van der Waals surface area contributed by atoms with Crippen molar-refractivity contribution in [2.24, 2.45) is 0 Å². The molecule has 0 saturated heterocycles. The molecule has 0 aromatic heterocycles. The SMILES string of the molecule is C=C(C(=O)OCCC[SiH3])C(O[Si](C)(C)C)(O[Si](C)(C)C)O[Si](C)(O[Si](C)(C)C)O[Si](C)(C)C. The zero-order chi connectivity index (χ0) is 26.5. The van der Waals surface area contributed by atoms with E-state index in [1.54, 1.807) is 0 Å². The third kappa shape index (κ3) is 14.5. The summed E-state index contributed by atoms with van der Waals surface area (Å²) in [6, 6.07) is 1.05. The molecular weight excluding hydrogens is 521 g/mol. The summed E-state index contributed by atoms with van der Waals surface area (Å²) in [4.78, 5) is 13.1. The van der Waals surface area contributed by atoms with Gasteiger partial charge in [0.25, 0.3) is 5.97 Å². The first-order valence-corrected chi connectivity index (χ1v) is 29.1. The van der Waals surface area contributed by atoms with Crippen molar-refractivity contribution in [3.63, 3.8) is 0 Å². The summed E-state index contributed by atoms with van der Waals surface area (Å²) in [5, 5.41) is 0. The monoisotopic (exact) mass is 570 g/mol. The summed E-state index contributed by atoms with van der Waals surface area (Å²) in [7, 11) is -11.1. The van der Waals surface area contributed by atoms with Crippen molar-refractivity contribution in [2.45, 2.75) is 104 Å². The number of esters is 1. The molecule has 0 aliphatic heterocycles. The quantitative estimate of drug-likeness (QED) is 0.0911. The molecule has 0 fully saturated rings. The molecule has 0 spiro atoms. The molecule has 13 heteroatoms. The molecule has 0 aliphatic rings.